The molecule has 3 aromatic carbocycles. The molecule has 1 saturated heterocycles. The van der Waals surface area contributed by atoms with Crippen LogP contribution in [0.5, 0.6) is 0 Å². The Morgan fingerprint density at radius 1 is 0.738 bits per heavy atom. The van der Waals surface area contributed by atoms with Gasteiger partial charge >= 0.3 is 5.97 Å². The lowest BCUT2D eigenvalue weighted by molar-refractivity contribution is -0.327. The van der Waals surface area contributed by atoms with E-state index in [1.54, 1.807) is 0 Å². The van der Waals surface area contributed by atoms with Crippen molar-refractivity contribution in [1.82, 2.24) is 0 Å². The molecular weight excluding hydrogens is 556 g/mol. The standard InChI is InChI=1S/C34H39ClO7/c1-2-3-13-20-37-34-33(41-24-28-18-11-6-12-19-28)32(40-23-27-16-9-5-10-17-27)31(29(42-34)25-38-30(36)21-35)39-22-26-14-7-4-8-15-26/h2,4-12,14-19,29,31-34H,1,3,13,20-25H2/t29-,31-,32+,33-,34-/m1/s1. The van der Waals surface area contributed by atoms with Crippen molar-refractivity contribution in [1.29, 1.82) is 0 Å². The fraction of sp³-hybridized carbons (Fsp3) is 0.382. The summed E-state index contributed by atoms with van der Waals surface area (Å²) < 4.78 is 37.7. The zero-order valence-corrected chi connectivity index (χ0v) is 24.5. The Labute approximate surface area is 253 Å². The predicted molar refractivity (Wildman–Crippen MR) is 161 cm³/mol. The summed E-state index contributed by atoms with van der Waals surface area (Å²) >= 11 is 5.72. The first-order valence-electron chi connectivity index (χ1n) is 14.2. The molecule has 0 bridgehead atoms. The van der Waals surface area contributed by atoms with Crippen molar-refractivity contribution in [3.63, 3.8) is 0 Å². The van der Waals surface area contributed by atoms with Crippen LogP contribution in [-0.4, -0.2) is 55.8 Å². The normalized spacial score (nSPS) is 22.0. The third-order valence-electron chi connectivity index (χ3n) is 6.80. The van der Waals surface area contributed by atoms with E-state index in [9.17, 15) is 4.79 Å². The van der Waals surface area contributed by atoms with Crippen molar-refractivity contribution in [2.45, 2.75) is 63.4 Å². The van der Waals surface area contributed by atoms with Gasteiger partial charge in [0.2, 0.25) is 0 Å². The molecule has 1 aliphatic heterocycles. The van der Waals surface area contributed by atoms with Gasteiger partial charge in [0.25, 0.3) is 0 Å². The number of unbranched alkanes of at least 4 members (excludes halogenated alkanes) is 1. The van der Waals surface area contributed by atoms with E-state index < -0.39 is 36.7 Å². The van der Waals surface area contributed by atoms with Gasteiger partial charge in [0.15, 0.2) is 6.29 Å². The molecule has 7 nitrogen and oxygen atoms in total. The van der Waals surface area contributed by atoms with Crippen LogP contribution < -0.4 is 0 Å². The second-order valence-electron chi connectivity index (χ2n) is 9.94. The summed E-state index contributed by atoms with van der Waals surface area (Å²) in [4.78, 5) is 12.0. The fourth-order valence-corrected chi connectivity index (χ4v) is 4.73. The molecule has 8 heteroatoms. The Kier molecular flexibility index (Phi) is 13.5. The number of hydrogen-bond acceptors (Lipinski definition) is 7. The first-order valence-corrected chi connectivity index (χ1v) is 14.8. The summed E-state index contributed by atoms with van der Waals surface area (Å²) in [7, 11) is 0. The second kappa shape index (κ2) is 17.8. The number of allylic oxidation sites excluding steroid dienone is 1. The largest absolute Gasteiger partial charge is 0.462 e. The number of esters is 1. The molecule has 5 atom stereocenters. The highest BCUT2D eigenvalue weighted by molar-refractivity contribution is 6.26. The summed E-state index contributed by atoms with van der Waals surface area (Å²) in [5.41, 5.74) is 2.99. The number of hydrogen-bond donors (Lipinski definition) is 0. The molecule has 0 aromatic heterocycles. The third-order valence-corrected chi connectivity index (χ3v) is 7.02. The lowest BCUT2D eigenvalue weighted by Crippen LogP contribution is -2.62. The van der Waals surface area contributed by atoms with Crippen molar-refractivity contribution in [2.75, 3.05) is 19.1 Å². The molecule has 4 rings (SSSR count). The first kappa shape index (κ1) is 31.9. The zero-order valence-electron chi connectivity index (χ0n) is 23.7. The van der Waals surface area contributed by atoms with Gasteiger partial charge in [-0.1, -0.05) is 97.1 Å². The van der Waals surface area contributed by atoms with Crippen LogP contribution in [0.4, 0.5) is 0 Å². The molecule has 0 N–H and O–H groups in total. The third kappa shape index (κ3) is 10.1. The van der Waals surface area contributed by atoms with Crippen molar-refractivity contribution < 1.29 is 33.2 Å². The van der Waals surface area contributed by atoms with E-state index in [2.05, 4.69) is 6.58 Å². The SMILES string of the molecule is C=CCCCO[C@@H]1O[C@H](COC(=O)CCl)[C@@H](OCc2ccccc2)[C@H](OCc2ccccc2)[C@H]1OCc1ccccc1. The van der Waals surface area contributed by atoms with Crippen LogP contribution in [0.3, 0.4) is 0 Å². The van der Waals surface area contributed by atoms with E-state index in [1.807, 2.05) is 97.1 Å². The molecule has 0 unspecified atom stereocenters. The van der Waals surface area contributed by atoms with Gasteiger partial charge in [-0.3, -0.25) is 4.79 Å². The first-order chi connectivity index (χ1) is 20.7. The van der Waals surface area contributed by atoms with Gasteiger partial charge in [0.1, 0.15) is 36.9 Å². The van der Waals surface area contributed by atoms with Gasteiger partial charge in [0.05, 0.1) is 26.4 Å². The predicted octanol–water partition coefficient (Wildman–Crippen LogP) is 6.23. The average molecular weight is 595 g/mol. The molecule has 1 fully saturated rings. The average Bonchev–Trinajstić information content (AvgIpc) is 3.04. The number of benzene rings is 3. The minimum Gasteiger partial charge on any atom is -0.462 e. The Morgan fingerprint density at radius 3 is 1.74 bits per heavy atom. The number of carbonyl (C=O) groups excluding carboxylic acids is 1. The van der Waals surface area contributed by atoms with Gasteiger partial charge in [-0.05, 0) is 29.5 Å². The highest BCUT2D eigenvalue weighted by Crippen LogP contribution is 2.31. The van der Waals surface area contributed by atoms with Gasteiger partial charge in [-0.25, -0.2) is 0 Å². The molecule has 0 saturated carbocycles. The molecule has 1 heterocycles. The lowest BCUT2D eigenvalue weighted by atomic mass is 9.97. The summed E-state index contributed by atoms with van der Waals surface area (Å²) in [6.07, 6.45) is 0.0279. The maximum atomic E-state index is 12.0. The highest BCUT2D eigenvalue weighted by atomic mass is 35.5. The molecule has 224 valence electrons. The maximum absolute atomic E-state index is 12.0. The van der Waals surface area contributed by atoms with E-state index in [1.165, 1.54) is 0 Å². The minimum atomic E-state index is -0.796. The van der Waals surface area contributed by atoms with Crippen LogP contribution in [-0.2, 0) is 53.0 Å². The van der Waals surface area contributed by atoms with Crippen LogP contribution in [0.1, 0.15) is 29.5 Å². The van der Waals surface area contributed by atoms with Crippen LogP contribution in [0.2, 0.25) is 0 Å². The summed E-state index contributed by atoms with van der Waals surface area (Å²) in [5.74, 6) is -0.810. The Morgan fingerprint density at radius 2 is 1.24 bits per heavy atom. The molecule has 0 spiro atoms. The van der Waals surface area contributed by atoms with Gasteiger partial charge in [-0.15, -0.1) is 18.2 Å². The van der Waals surface area contributed by atoms with Gasteiger partial charge < -0.3 is 28.4 Å². The topological polar surface area (TPSA) is 72.5 Å². The number of rotatable bonds is 17. The molecule has 3 aromatic rings. The summed E-state index contributed by atoms with van der Waals surface area (Å²) in [5, 5.41) is 0. The Hall–Kier alpha value is -3.04. The lowest BCUT2D eigenvalue weighted by Gasteiger charge is -2.45. The zero-order chi connectivity index (χ0) is 29.4. The number of ether oxygens (including phenoxy) is 6. The Bertz CT molecular complexity index is 1180. The van der Waals surface area contributed by atoms with Crippen molar-refractivity contribution in [3.8, 4) is 0 Å². The van der Waals surface area contributed by atoms with Gasteiger partial charge in [0, 0.05) is 0 Å². The second-order valence-corrected chi connectivity index (χ2v) is 10.2. The number of alkyl halides is 1. The van der Waals surface area contributed by atoms with E-state index in [4.69, 9.17) is 40.0 Å². The highest BCUT2D eigenvalue weighted by Gasteiger charge is 2.49. The quantitative estimate of drug-likeness (QED) is 0.0793. The van der Waals surface area contributed by atoms with E-state index >= 15 is 0 Å². The Balaban J connectivity index is 1.63. The van der Waals surface area contributed by atoms with E-state index in [0.717, 1.165) is 29.5 Å². The van der Waals surface area contributed by atoms with Crippen molar-refractivity contribution in [3.05, 3.63) is 120 Å². The van der Waals surface area contributed by atoms with E-state index in [-0.39, 0.29) is 12.5 Å². The minimum absolute atomic E-state index is 0.0753. The van der Waals surface area contributed by atoms with Crippen LogP contribution in [0, 0.1) is 0 Å². The van der Waals surface area contributed by atoms with Crippen LogP contribution >= 0.6 is 11.6 Å². The van der Waals surface area contributed by atoms with Crippen molar-refractivity contribution in [2.24, 2.45) is 0 Å². The maximum Gasteiger partial charge on any atom is 0.320 e. The van der Waals surface area contributed by atoms with Crippen LogP contribution in [0.25, 0.3) is 0 Å². The van der Waals surface area contributed by atoms with Crippen LogP contribution in [0.15, 0.2) is 104 Å². The summed E-state index contributed by atoms with van der Waals surface area (Å²) in [6.45, 7) is 5.09. The smallest absolute Gasteiger partial charge is 0.320 e. The molecule has 1 aliphatic rings. The molecular formula is C34H39ClO7. The van der Waals surface area contributed by atoms with E-state index in [0.29, 0.717) is 26.4 Å². The molecule has 0 aliphatic carbocycles. The molecule has 0 radical (unpaired) electrons. The number of halogens is 1. The fourth-order valence-electron chi connectivity index (χ4n) is 4.65. The monoisotopic (exact) mass is 594 g/mol. The summed E-state index contributed by atoms with van der Waals surface area (Å²) in [6, 6.07) is 29.6. The molecule has 42 heavy (non-hydrogen) atoms. The molecule has 0 amide bonds. The number of carbonyl (C=O) groups is 1. The van der Waals surface area contributed by atoms with Crippen molar-refractivity contribution >= 4 is 17.6 Å². The van der Waals surface area contributed by atoms with Gasteiger partial charge in [-0.2, -0.15) is 0 Å².